The van der Waals surface area contributed by atoms with E-state index in [0.717, 1.165) is 42.8 Å². The molecule has 138 valence electrons. The number of rotatable bonds is 6. The number of hydrogen-bond acceptors (Lipinski definition) is 4. The highest BCUT2D eigenvalue weighted by Crippen LogP contribution is 2.26. The molecule has 1 fully saturated rings. The van der Waals surface area contributed by atoms with Gasteiger partial charge in [-0.05, 0) is 55.0 Å². The van der Waals surface area contributed by atoms with Crippen molar-refractivity contribution in [3.05, 3.63) is 54.4 Å². The summed E-state index contributed by atoms with van der Waals surface area (Å²) in [6.45, 7) is 1.43. The van der Waals surface area contributed by atoms with Crippen LogP contribution in [0.4, 0.5) is 10.5 Å². The van der Waals surface area contributed by atoms with Crippen LogP contribution < -0.4 is 10.1 Å². The van der Waals surface area contributed by atoms with Crippen LogP contribution in [0.5, 0.6) is 5.75 Å². The number of methoxy groups -OCH3 is 1. The van der Waals surface area contributed by atoms with Crippen molar-refractivity contribution in [1.82, 2.24) is 9.88 Å². The van der Waals surface area contributed by atoms with Gasteiger partial charge in [0.15, 0.2) is 0 Å². The summed E-state index contributed by atoms with van der Waals surface area (Å²) in [7, 11) is 1.64. The lowest BCUT2D eigenvalue weighted by Crippen LogP contribution is -2.47. The second kappa shape index (κ2) is 8.56. The second-order valence-electron chi connectivity index (χ2n) is 6.69. The molecule has 0 bridgehead atoms. The van der Waals surface area contributed by atoms with E-state index < -0.39 is 6.09 Å². The highest BCUT2D eigenvalue weighted by molar-refractivity contribution is 5.65. The third-order valence-electron chi connectivity index (χ3n) is 4.98. The van der Waals surface area contributed by atoms with Gasteiger partial charge in [0.1, 0.15) is 5.75 Å². The largest absolute Gasteiger partial charge is 0.497 e. The number of nitrogens with zero attached hydrogens (tertiary/aromatic N) is 2. The molecule has 6 nitrogen and oxygen atoms in total. The van der Waals surface area contributed by atoms with Crippen LogP contribution in [0.25, 0.3) is 0 Å². The number of hydrogen-bond donors (Lipinski definition) is 2. The van der Waals surface area contributed by atoms with Gasteiger partial charge < -0.3 is 20.1 Å². The van der Waals surface area contributed by atoms with Crippen molar-refractivity contribution in [2.24, 2.45) is 5.92 Å². The van der Waals surface area contributed by atoms with E-state index in [4.69, 9.17) is 4.74 Å². The van der Waals surface area contributed by atoms with Crippen molar-refractivity contribution in [2.75, 3.05) is 25.5 Å². The SMILES string of the molecule is COc1ccc(CC2CC(CNc3ccncc3)CCN2C(=O)O)cc1. The maximum atomic E-state index is 11.6. The first-order valence-corrected chi connectivity index (χ1v) is 8.92. The monoisotopic (exact) mass is 355 g/mol. The predicted molar refractivity (Wildman–Crippen MR) is 101 cm³/mol. The topological polar surface area (TPSA) is 74.7 Å². The molecule has 2 N–H and O–H groups in total. The van der Waals surface area contributed by atoms with E-state index in [2.05, 4.69) is 10.3 Å². The summed E-state index contributed by atoms with van der Waals surface area (Å²) in [5, 5.41) is 13.0. The van der Waals surface area contributed by atoms with Crippen molar-refractivity contribution < 1.29 is 14.6 Å². The minimum Gasteiger partial charge on any atom is -0.497 e. The summed E-state index contributed by atoms with van der Waals surface area (Å²) in [6.07, 6.45) is 5.16. The zero-order valence-electron chi connectivity index (χ0n) is 15.0. The molecule has 2 aromatic rings. The number of ether oxygens (including phenoxy) is 1. The standard InChI is InChI=1S/C20H25N3O3/c1-26-19-4-2-15(3-5-19)12-18-13-16(8-11-23(18)20(24)25)14-22-17-6-9-21-10-7-17/h2-7,9-10,16,18H,8,11-14H2,1H3,(H,21,22)(H,24,25). The van der Waals surface area contributed by atoms with Gasteiger partial charge in [-0.2, -0.15) is 0 Å². The Balaban J connectivity index is 1.62. The van der Waals surface area contributed by atoms with E-state index in [1.54, 1.807) is 24.4 Å². The van der Waals surface area contributed by atoms with Crippen molar-refractivity contribution in [1.29, 1.82) is 0 Å². The second-order valence-corrected chi connectivity index (χ2v) is 6.69. The van der Waals surface area contributed by atoms with Gasteiger partial charge in [0.05, 0.1) is 7.11 Å². The Kier molecular flexibility index (Phi) is 5.94. The summed E-state index contributed by atoms with van der Waals surface area (Å²) >= 11 is 0. The lowest BCUT2D eigenvalue weighted by molar-refractivity contribution is 0.0917. The Morgan fingerprint density at radius 1 is 1.27 bits per heavy atom. The molecule has 1 saturated heterocycles. The summed E-state index contributed by atoms with van der Waals surface area (Å²) in [5.41, 5.74) is 2.18. The minimum atomic E-state index is -0.830. The van der Waals surface area contributed by atoms with Gasteiger partial charge in [-0.15, -0.1) is 0 Å². The summed E-state index contributed by atoms with van der Waals surface area (Å²) in [6, 6.07) is 11.8. The van der Waals surface area contributed by atoms with Crippen LogP contribution in [0.1, 0.15) is 18.4 Å². The van der Waals surface area contributed by atoms with E-state index in [1.165, 1.54) is 0 Å². The number of benzene rings is 1. The molecule has 1 aromatic heterocycles. The normalized spacial score (nSPS) is 19.8. The van der Waals surface area contributed by atoms with Gasteiger partial charge in [0.25, 0.3) is 0 Å². The third kappa shape index (κ3) is 4.65. The van der Waals surface area contributed by atoms with Crippen molar-refractivity contribution in [2.45, 2.75) is 25.3 Å². The molecular weight excluding hydrogens is 330 g/mol. The average molecular weight is 355 g/mol. The number of likely N-dealkylation sites (tertiary alicyclic amines) is 1. The number of carboxylic acid groups (broad SMARTS) is 1. The van der Waals surface area contributed by atoms with Gasteiger partial charge in [0.2, 0.25) is 0 Å². The quantitative estimate of drug-likeness (QED) is 0.829. The smallest absolute Gasteiger partial charge is 0.407 e. The summed E-state index contributed by atoms with van der Waals surface area (Å²) in [5.74, 6) is 1.26. The number of anilines is 1. The molecular formula is C20H25N3O3. The van der Waals surface area contributed by atoms with Crippen LogP contribution in [0, 0.1) is 5.92 Å². The number of nitrogens with one attached hydrogen (secondary N) is 1. The first kappa shape index (κ1) is 18.0. The first-order chi connectivity index (χ1) is 12.7. The maximum absolute atomic E-state index is 11.6. The molecule has 26 heavy (non-hydrogen) atoms. The molecule has 6 heteroatoms. The van der Waals surface area contributed by atoms with E-state index in [0.29, 0.717) is 12.5 Å². The van der Waals surface area contributed by atoms with Crippen molar-refractivity contribution >= 4 is 11.8 Å². The zero-order valence-corrected chi connectivity index (χ0v) is 15.0. The van der Waals surface area contributed by atoms with Gasteiger partial charge in [-0.1, -0.05) is 12.1 Å². The Bertz CT molecular complexity index is 706. The molecule has 2 heterocycles. The Morgan fingerprint density at radius 2 is 2.00 bits per heavy atom. The number of amides is 1. The lowest BCUT2D eigenvalue weighted by Gasteiger charge is -2.38. The van der Waals surface area contributed by atoms with Gasteiger partial charge in [-0.25, -0.2) is 4.79 Å². The molecule has 0 radical (unpaired) electrons. The molecule has 1 amide bonds. The van der Waals surface area contributed by atoms with Crippen molar-refractivity contribution in [3.63, 3.8) is 0 Å². The molecule has 3 rings (SSSR count). The number of carbonyl (C=O) groups is 1. The van der Waals surface area contributed by atoms with Crippen LogP contribution in [-0.2, 0) is 6.42 Å². The fraction of sp³-hybridized carbons (Fsp3) is 0.400. The van der Waals surface area contributed by atoms with Gasteiger partial charge in [-0.3, -0.25) is 4.98 Å². The third-order valence-corrected chi connectivity index (χ3v) is 4.98. The van der Waals surface area contributed by atoms with E-state index in [1.807, 2.05) is 36.4 Å². The van der Waals surface area contributed by atoms with Crippen LogP contribution in [-0.4, -0.2) is 47.3 Å². The Hall–Kier alpha value is -2.76. The number of aromatic nitrogens is 1. The van der Waals surface area contributed by atoms with Crippen LogP contribution in [0.2, 0.25) is 0 Å². The molecule has 0 aliphatic carbocycles. The van der Waals surface area contributed by atoms with Crippen LogP contribution in [0.15, 0.2) is 48.8 Å². The number of piperidine rings is 1. The van der Waals surface area contributed by atoms with Gasteiger partial charge in [0, 0.05) is 37.2 Å². The maximum Gasteiger partial charge on any atom is 0.407 e. The lowest BCUT2D eigenvalue weighted by atomic mass is 9.87. The fourth-order valence-corrected chi connectivity index (χ4v) is 3.53. The summed E-state index contributed by atoms with van der Waals surface area (Å²) < 4.78 is 5.19. The molecule has 1 aliphatic heterocycles. The Labute approximate surface area is 153 Å². The molecule has 1 aliphatic rings. The van der Waals surface area contributed by atoms with Gasteiger partial charge >= 0.3 is 6.09 Å². The molecule has 2 atom stereocenters. The number of pyridine rings is 1. The van der Waals surface area contributed by atoms with E-state index >= 15 is 0 Å². The predicted octanol–water partition coefficient (Wildman–Crippen LogP) is 3.50. The average Bonchev–Trinajstić information content (AvgIpc) is 2.68. The van der Waals surface area contributed by atoms with Crippen LogP contribution >= 0.6 is 0 Å². The van der Waals surface area contributed by atoms with E-state index in [-0.39, 0.29) is 6.04 Å². The Morgan fingerprint density at radius 3 is 2.65 bits per heavy atom. The highest BCUT2D eigenvalue weighted by Gasteiger charge is 2.31. The molecule has 0 spiro atoms. The minimum absolute atomic E-state index is 0.00103. The molecule has 2 unspecified atom stereocenters. The molecule has 1 aromatic carbocycles. The molecule has 0 saturated carbocycles. The van der Waals surface area contributed by atoms with Crippen molar-refractivity contribution in [3.8, 4) is 5.75 Å². The van der Waals surface area contributed by atoms with Crippen LogP contribution in [0.3, 0.4) is 0 Å². The summed E-state index contributed by atoms with van der Waals surface area (Å²) in [4.78, 5) is 17.2. The fourth-order valence-electron chi connectivity index (χ4n) is 3.53. The first-order valence-electron chi connectivity index (χ1n) is 8.92. The highest BCUT2D eigenvalue weighted by atomic mass is 16.5. The zero-order chi connectivity index (χ0) is 18.4. The van der Waals surface area contributed by atoms with E-state index in [9.17, 15) is 9.90 Å².